The van der Waals surface area contributed by atoms with Crippen LogP contribution in [0.1, 0.15) is 32.8 Å². The van der Waals surface area contributed by atoms with E-state index in [0.717, 1.165) is 11.4 Å². The Morgan fingerprint density at radius 3 is 2.67 bits per heavy atom. The van der Waals surface area contributed by atoms with Crippen LogP contribution in [-0.2, 0) is 0 Å². The zero-order chi connectivity index (χ0) is 13.5. The number of rotatable bonds is 7. The van der Waals surface area contributed by atoms with Crippen LogP contribution in [0.4, 0.5) is 5.82 Å². The smallest absolute Gasteiger partial charge is 0.221 e. The third-order valence-corrected chi connectivity index (χ3v) is 2.89. The number of nitrogens with zero attached hydrogens (tertiary/aromatic N) is 2. The first kappa shape index (κ1) is 14.7. The van der Waals surface area contributed by atoms with E-state index in [0.29, 0.717) is 24.8 Å². The molecule has 0 spiro atoms. The molecule has 18 heavy (non-hydrogen) atoms. The fourth-order valence-electron chi connectivity index (χ4n) is 1.75. The van der Waals surface area contributed by atoms with E-state index in [-0.39, 0.29) is 12.6 Å². The molecule has 1 rings (SSSR count). The van der Waals surface area contributed by atoms with Gasteiger partial charge in [-0.2, -0.15) is 0 Å². The topological polar surface area (TPSA) is 67.3 Å². The predicted octanol–water partition coefficient (Wildman–Crippen LogP) is 2.00. The van der Waals surface area contributed by atoms with E-state index in [1.165, 1.54) is 6.33 Å². The van der Waals surface area contributed by atoms with Crippen LogP contribution in [0.25, 0.3) is 0 Å². The molecule has 1 heterocycles. The van der Waals surface area contributed by atoms with Crippen LogP contribution in [-0.4, -0.2) is 34.3 Å². The fraction of sp³-hybridized carbons (Fsp3) is 0.692. The van der Waals surface area contributed by atoms with Crippen molar-refractivity contribution in [3.05, 3.63) is 11.9 Å². The van der Waals surface area contributed by atoms with Crippen molar-refractivity contribution in [3.8, 4) is 5.88 Å². The summed E-state index contributed by atoms with van der Waals surface area (Å²) >= 11 is 0. The zero-order valence-electron chi connectivity index (χ0n) is 11.6. The first-order valence-electron chi connectivity index (χ1n) is 6.41. The Morgan fingerprint density at radius 2 is 2.11 bits per heavy atom. The van der Waals surface area contributed by atoms with Gasteiger partial charge in [-0.3, -0.25) is 0 Å². The van der Waals surface area contributed by atoms with Gasteiger partial charge in [0.1, 0.15) is 12.1 Å². The molecular weight excluding hydrogens is 230 g/mol. The molecule has 1 aromatic rings. The van der Waals surface area contributed by atoms with Gasteiger partial charge >= 0.3 is 0 Å². The van der Waals surface area contributed by atoms with Crippen molar-refractivity contribution in [2.24, 2.45) is 5.92 Å². The molecule has 0 fully saturated rings. The van der Waals surface area contributed by atoms with E-state index in [2.05, 4.69) is 29.1 Å². The van der Waals surface area contributed by atoms with Crippen LogP contribution in [0.2, 0.25) is 0 Å². The average molecular weight is 253 g/mol. The van der Waals surface area contributed by atoms with Crippen LogP contribution in [0, 0.1) is 12.8 Å². The Hall–Kier alpha value is -1.36. The van der Waals surface area contributed by atoms with Gasteiger partial charge in [0, 0.05) is 12.6 Å². The average Bonchev–Trinajstić information content (AvgIpc) is 2.33. The van der Waals surface area contributed by atoms with Gasteiger partial charge in [-0.25, -0.2) is 9.97 Å². The maximum absolute atomic E-state index is 9.07. The van der Waals surface area contributed by atoms with Gasteiger partial charge in [-0.05, 0) is 26.2 Å². The second kappa shape index (κ2) is 7.16. The lowest BCUT2D eigenvalue weighted by atomic mass is 10.0. The SMILES string of the molecule is CCOc1ncnc(NC(CCO)C(C)C)c1C. The first-order chi connectivity index (χ1) is 8.60. The van der Waals surface area contributed by atoms with Gasteiger partial charge in [-0.1, -0.05) is 13.8 Å². The van der Waals surface area contributed by atoms with Crippen LogP contribution < -0.4 is 10.1 Å². The quantitative estimate of drug-likeness (QED) is 0.778. The number of aromatic nitrogens is 2. The first-order valence-corrected chi connectivity index (χ1v) is 6.41. The summed E-state index contributed by atoms with van der Waals surface area (Å²) in [5, 5.41) is 12.4. The summed E-state index contributed by atoms with van der Waals surface area (Å²) in [7, 11) is 0. The molecule has 0 radical (unpaired) electrons. The predicted molar refractivity (Wildman–Crippen MR) is 71.9 cm³/mol. The summed E-state index contributed by atoms with van der Waals surface area (Å²) in [6.45, 7) is 8.85. The highest BCUT2D eigenvalue weighted by molar-refractivity contribution is 5.48. The summed E-state index contributed by atoms with van der Waals surface area (Å²) < 4.78 is 5.44. The number of anilines is 1. The normalized spacial score (nSPS) is 12.6. The molecule has 0 saturated heterocycles. The molecule has 0 aliphatic heterocycles. The third kappa shape index (κ3) is 3.84. The lowest BCUT2D eigenvalue weighted by molar-refractivity contribution is 0.267. The lowest BCUT2D eigenvalue weighted by Crippen LogP contribution is -2.27. The zero-order valence-corrected chi connectivity index (χ0v) is 11.6. The van der Waals surface area contributed by atoms with E-state index in [4.69, 9.17) is 9.84 Å². The Labute approximate surface area is 109 Å². The molecule has 1 atom stereocenters. The molecule has 5 heteroatoms. The minimum atomic E-state index is 0.165. The number of hydrogen-bond acceptors (Lipinski definition) is 5. The highest BCUT2D eigenvalue weighted by Crippen LogP contribution is 2.22. The summed E-state index contributed by atoms with van der Waals surface area (Å²) in [5.41, 5.74) is 0.905. The van der Waals surface area contributed by atoms with Gasteiger partial charge in [0.2, 0.25) is 5.88 Å². The molecule has 0 bridgehead atoms. The highest BCUT2D eigenvalue weighted by atomic mass is 16.5. The Kier molecular flexibility index (Phi) is 5.85. The molecule has 102 valence electrons. The third-order valence-electron chi connectivity index (χ3n) is 2.89. The Bertz CT molecular complexity index is 369. The molecule has 0 aliphatic rings. The summed E-state index contributed by atoms with van der Waals surface area (Å²) in [6, 6.07) is 0.193. The molecule has 0 saturated carbocycles. The summed E-state index contributed by atoms with van der Waals surface area (Å²) in [5.74, 6) is 1.81. The van der Waals surface area contributed by atoms with E-state index >= 15 is 0 Å². The van der Waals surface area contributed by atoms with E-state index in [9.17, 15) is 0 Å². The standard InChI is InChI=1S/C13H23N3O2/c1-5-18-13-10(4)12(14-8-15-13)16-11(6-7-17)9(2)3/h8-9,11,17H,5-7H2,1-4H3,(H,14,15,16). The Morgan fingerprint density at radius 1 is 1.39 bits per heavy atom. The van der Waals surface area contributed by atoms with Gasteiger partial charge < -0.3 is 15.2 Å². The van der Waals surface area contributed by atoms with Crippen molar-refractivity contribution < 1.29 is 9.84 Å². The summed E-state index contributed by atoms with van der Waals surface area (Å²) in [6.07, 6.45) is 2.20. The van der Waals surface area contributed by atoms with Crippen molar-refractivity contribution >= 4 is 5.82 Å². The van der Waals surface area contributed by atoms with Crippen LogP contribution in [0.15, 0.2) is 6.33 Å². The van der Waals surface area contributed by atoms with E-state index in [1.807, 2.05) is 13.8 Å². The maximum atomic E-state index is 9.07. The van der Waals surface area contributed by atoms with Gasteiger partial charge in [0.05, 0.1) is 12.2 Å². The number of nitrogens with one attached hydrogen (secondary N) is 1. The molecular formula is C13H23N3O2. The molecule has 2 N–H and O–H groups in total. The van der Waals surface area contributed by atoms with Gasteiger partial charge in [-0.15, -0.1) is 0 Å². The largest absolute Gasteiger partial charge is 0.478 e. The maximum Gasteiger partial charge on any atom is 0.221 e. The second-order valence-corrected chi connectivity index (χ2v) is 4.59. The molecule has 1 aromatic heterocycles. The molecule has 5 nitrogen and oxygen atoms in total. The van der Waals surface area contributed by atoms with Gasteiger partial charge in [0.25, 0.3) is 0 Å². The monoisotopic (exact) mass is 253 g/mol. The highest BCUT2D eigenvalue weighted by Gasteiger charge is 2.16. The molecule has 0 amide bonds. The number of aliphatic hydroxyl groups is 1. The molecule has 1 unspecified atom stereocenters. The van der Waals surface area contributed by atoms with Crippen LogP contribution in [0.5, 0.6) is 5.88 Å². The minimum absolute atomic E-state index is 0.165. The van der Waals surface area contributed by atoms with Crippen molar-refractivity contribution in [3.63, 3.8) is 0 Å². The number of ether oxygens (including phenoxy) is 1. The fourth-order valence-corrected chi connectivity index (χ4v) is 1.75. The van der Waals surface area contributed by atoms with Crippen molar-refractivity contribution in [2.75, 3.05) is 18.5 Å². The minimum Gasteiger partial charge on any atom is -0.478 e. The Balaban J connectivity index is 2.85. The lowest BCUT2D eigenvalue weighted by Gasteiger charge is -2.23. The van der Waals surface area contributed by atoms with Crippen molar-refractivity contribution in [2.45, 2.75) is 40.2 Å². The number of aliphatic hydroxyl groups excluding tert-OH is 1. The summed E-state index contributed by atoms with van der Waals surface area (Å²) in [4.78, 5) is 8.35. The van der Waals surface area contributed by atoms with Crippen LogP contribution >= 0.6 is 0 Å². The van der Waals surface area contributed by atoms with Gasteiger partial charge in [0.15, 0.2) is 0 Å². The molecule has 0 aliphatic carbocycles. The van der Waals surface area contributed by atoms with Crippen molar-refractivity contribution in [1.82, 2.24) is 9.97 Å². The van der Waals surface area contributed by atoms with E-state index < -0.39 is 0 Å². The number of hydrogen-bond donors (Lipinski definition) is 2. The van der Waals surface area contributed by atoms with Crippen LogP contribution in [0.3, 0.4) is 0 Å². The van der Waals surface area contributed by atoms with E-state index in [1.54, 1.807) is 0 Å². The molecule has 0 aromatic carbocycles. The van der Waals surface area contributed by atoms with Crippen molar-refractivity contribution in [1.29, 1.82) is 0 Å². The second-order valence-electron chi connectivity index (χ2n) is 4.59.